The van der Waals surface area contributed by atoms with Gasteiger partial charge in [0.2, 0.25) is 0 Å². The van der Waals surface area contributed by atoms with E-state index in [1.54, 1.807) is 7.11 Å². The molecular formula is C11H12O2. The van der Waals surface area contributed by atoms with Crippen LogP contribution in [0.4, 0.5) is 0 Å². The summed E-state index contributed by atoms with van der Waals surface area (Å²) in [5.74, 6) is 6.43. The Morgan fingerprint density at radius 2 is 1.92 bits per heavy atom. The topological polar surface area (TPSA) is 26.3 Å². The van der Waals surface area contributed by atoms with Crippen LogP contribution in [0.3, 0.4) is 0 Å². The average Bonchev–Trinajstić information content (AvgIpc) is 2.43. The Morgan fingerprint density at radius 1 is 1.23 bits per heavy atom. The Bertz CT molecular complexity index is 337. The summed E-state index contributed by atoms with van der Waals surface area (Å²) in [6.07, 6.45) is 1.46. The summed E-state index contributed by atoms with van der Waals surface area (Å²) in [6.45, 7) is 0. The summed E-state index contributed by atoms with van der Waals surface area (Å²) in [6, 6.07) is 0. The Hall–Kier alpha value is -0.530. The molecule has 4 unspecified atom stereocenters. The quantitative estimate of drug-likeness (QED) is 0.555. The van der Waals surface area contributed by atoms with E-state index in [2.05, 4.69) is 0 Å². The molecule has 0 aromatic carbocycles. The van der Waals surface area contributed by atoms with Gasteiger partial charge in [0, 0.05) is 0 Å². The second kappa shape index (κ2) is 1.27. The zero-order valence-corrected chi connectivity index (χ0v) is 7.57. The predicted octanol–water partition coefficient (Wildman–Crippen LogP) is 0.917. The highest BCUT2D eigenvalue weighted by atomic mass is 16.5. The first-order chi connectivity index (χ1) is 6.33. The van der Waals surface area contributed by atoms with E-state index >= 15 is 0 Å². The van der Waals surface area contributed by atoms with Crippen LogP contribution >= 0.6 is 0 Å². The Kier molecular flexibility index (Phi) is 0.591. The monoisotopic (exact) mass is 176 g/mol. The smallest absolute Gasteiger partial charge is 0.312 e. The molecule has 68 valence electrons. The van der Waals surface area contributed by atoms with Gasteiger partial charge in [-0.3, -0.25) is 4.79 Å². The van der Waals surface area contributed by atoms with Crippen molar-refractivity contribution in [1.29, 1.82) is 0 Å². The first-order valence-corrected chi connectivity index (χ1v) is 5.42. The molecule has 0 heterocycles. The molecule has 13 heavy (non-hydrogen) atoms. The van der Waals surface area contributed by atoms with E-state index in [4.69, 9.17) is 4.74 Å². The fourth-order valence-corrected chi connectivity index (χ4v) is 6.47. The summed E-state index contributed by atoms with van der Waals surface area (Å²) >= 11 is 0. The third-order valence-corrected chi connectivity index (χ3v) is 6.31. The second-order valence-electron chi connectivity index (χ2n) is 5.72. The molecular weight excluding hydrogens is 164 g/mol. The van der Waals surface area contributed by atoms with Gasteiger partial charge in [0.05, 0.1) is 12.5 Å². The van der Waals surface area contributed by atoms with Gasteiger partial charge in [-0.1, -0.05) is 0 Å². The highest BCUT2D eigenvalue weighted by Crippen LogP contribution is 2.99. The number of esters is 1. The number of carbonyl (C=O) groups excluding carboxylic acids is 1. The standard InChI is InChI=1S/C11H12O2/c1-13-10(12)11-7-4-2-3-5(7)9(11)6(3)8(4)11/h3-9H,2H2,1H3. The first-order valence-electron chi connectivity index (χ1n) is 5.42. The maximum atomic E-state index is 11.7. The Labute approximate surface area is 76.6 Å². The molecule has 6 rings (SSSR count). The number of hydrogen-bond donors (Lipinski definition) is 0. The number of ether oxygens (including phenoxy) is 1. The van der Waals surface area contributed by atoms with Crippen molar-refractivity contribution >= 4 is 5.97 Å². The minimum atomic E-state index is 0.0990. The van der Waals surface area contributed by atoms with Gasteiger partial charge in [0.15, 0.2) is 0 Å². The number of methoxy groups -OCH3 is 1. The molecule has 0 aliphatic heterocycles. The third-order valence-electron chi connectivity index (χ3n) is 6.31. The molecule has 0 spiro atoms. The molecule has 0 radical (unpaired) electrons. The van der Waals surface area contributed by atoms with Crippen molar-refractivity contribution in [2.24, 2.45) is 46.8 Å². The molecule has 6 fully saturated rings. The van der Waals surface area contributed by atoms with Gasteiger partial charge in [-0.05, 0) is 47.8 Å². The molecule has 6 aliphatic carbocycles. The van der Waals surface area contributed by atoms with E-state index in [1.807, 2.05) is 0 Å². The lowest BCUT2D eigenvalue weighted by Crippen LogP contribution is -2.90. The number of hydrogen-bond acceptors (Lipinski definition) is 2. The van der Waals surface area contributed by atoms with Gasteiger partial charge in [-0.25, -0.2) is 0 Å². The van der Waals surface area contributed by atoms with Crippen LogP contribution in [0.2, 0.25) is 0 Å². The second-order valence-corrected chi connectivity index (χ2v) is 5.72. The SMILES string of the molecule is COC(=O)C12C3C4CC5C3C1C5C42. The molecule has 2 heteroatoms. The van der Waals surface area contributed by atoms with Gasteiger partial charge >= 0.3 is 5.97 Å². The van der Waals surface area contributed by atoms with E-state index in [9.17, 15) is 4.79 Å². The Balaban J connectivity index is 1.68. The van der Waals surface area contributed by atoms with E-state index < -0.39 is 0 Å². The van der Waals surface area contributed by atoms with Crippen LogP contribution in [0.25, 0.3) is 0 Å². The molecule has 2 bridgehead atoms. The summed E-state index contributed by atoms with van der Waals surface area (Å²) in [5, 5.41) is 0. The maximum Gasteiger partial charge on any atom is 0.312 e. The van der Waals surface area contributed by atoms with Gasteiger partial charge in [0.1, 0.15) is 0 Å². The van der Waals surface area contributed by atoms with Crippen molar-refractivity contribution in [2.75, 3.05) is 7.11 Å². The van der Waals surface area contributed by atoms with Crippen molar-refractivity contribution in [3.8, 4) is 0 Å². The van der Waals surface area contributed by atoms with Crippen molar-refractivity contribution in [2.45, 2.75) is 6.42 Å². The first kappa shape index (κ1) is 6.05. The fourth-order valence-electron chi connectivity index (χ4n) is 6.47. The maximum absolute atomic E-state index is 11.7. The largest absolute Gasteiger partial charge is 0.469 e. The molecule has 4 atom stereocenters. The molecule has 0 saturated heterocycles. The van der Waals surface area contributed by atoms with E-state index in [0.717, 1.165) is 41.4 Å². The Morgan fingerprint density at radius 3 is 2.46 bits per heavy atom. The van der Waals surface area contributed by atoms with Crippen molar-refractivity contribution in [3.05, 3.63) is 0 Å². The van der Waals surface area contributed by atoms with Crippen LogP contribution in [-0.2, 0) is 9.53 Å². The van der Waals surface area contributed by atoms with Gasteiger partial charge in [0.25, 0.3) is 0 Å². The fraction of sp³-hybridized carbons (Fsp3) is 0.909. The molecule has 0 N–H and O–H groups in total. The van der Waals surface area contributed by atoms with Crippen molar-refractivity contribution in [1.82, 2.24) is 0 Å². The lowest BCUT2D eigenvalue weighted by molar-refractivity contribution is -0.430. The third kappa shape index (κ3) is 0.272. The van der Waals surface area contributed by atoms with Crippen LogP contribution < -0.4 is 0 Å². The highest BCUT2D eigenvalue weighted by molar-refractivity contribution is 5.85. The van der Waals surface area contributed by atoms with Gasteiger partial charge in [-0.2, -0.15) is 0 Å². The van der Waals surface area contributed by atoms with E-state index in [-0.39, 0.29) is 11.4 Å². The van der Waals surface area contributed by atoms with Crippen LogP contribution in [-0.4, -0.2) is 13.1 Å². The van der Waals surface area contributed by atoms with Crippen LogP contribution in [0, 0.1) is 46.8 Å². The predicted molar refractivity (Wildman–Crippen MR) is 43.5 cm³/mol. The van der Waals surface area contributed by atoms with Gasteiger partial charge < -0.3 is 4.74 Å². The van der Waals surface area contributed by atoms with Gasteiger partial charge in [-0.15, -0.1) is 0 Å². The summed E-state index contributed by atoms with van der Waals surface area (Å²) in [4.78, 5) is 11.7. The number of rotatable bonds is 1. The molecule has 0 aromatic rings. The average molecular weight is 176 g/mol. The lowest BCUT2D eigenvalue weighted by atomic mass is 9.13. The van der Waals surface area contributed by atoms with Crippen LogP contribution in [0.5, 0.6) is 0 Å². The minimum Gasteiger partial charge on any atom is -0.469 e. The summed E-state index contributed by atoms with van der Waals surface area (Å²) in [5.41, 5.74) is 0.0990. The summed E-state index contributed by atoms with van der Waals surface area (Å²) in [7, 11) is 1.56. The molecule has 6 saturated carbocycles. The zero-order valence-electron chi connectivity index (χ0n) is 7.57. The van der Waals surface area contributed by atoms with E-state index in [0.29, 0.717) is 0 Å². The lowest BCUT2D eigenvalue weighted by Gasteiger charge is -2.89. The normalized spacial score (nSPS) is 77.2. The zero-order chi connectivity index (χ0) is 8.53. The molecule has 0 amide bonds. The summed E-state index contributed by atoms with van der Waals surface area (Å²) < 4.78 is 4.98. The van der Waals surface area contributed by atoms with Crippen LogP contribution in [0.15, 0.2) is 0 Å². The highest BCUT2D eigenvalue weighted by Gasteiger charge is 3.00. The van der Waals surface area contributed by atoms with Crippen molar-refractivity contribution < 1.29 is 9.53 Å². The molecule has 2 nitrogen and oxygen atoms in total. The molecule has 6 aliphatic rings. The van der Waals surface area contributed by atoms with Crippen LogP contribution in [0.1, 0.15) is 6.42 Å². The van der Waals surface area contributed by atoms with E-state index in [1.165, 1.54) is 6.42 Å². The van der Waals surface area contributed by atoms with Crippen molar-refractivity contribution in [3.63, 3.8) is 0 Å². The number of carbonyl (C=O) groups is 1. The minimum absolute atomic E-state index is 0.0990. The molecule has 0 aromatic heterocycles.